The minimum absolute atomic E-state index is 0.106. The van der Waals surface area contributed by atoms with E-state index in [1.54, 1.807) is 7.11 Å². The zero-order valence-corrected chi connectivity index (χ0v) is 20.5. The Labute approximate surface area is 196 Å². The normalized spacial score (nSPS) is 12.3. The fourth-order valence-electron chi connectivity index (χ4n) is 3.59. The highest BCUT2D eigenvalue weighted by Gasteiger charge is 2.20. The maximum absolute atomic E-state index is 13.3. The van der Waals surface area contributed by atoms with E-state index >= 15 is 0 Å². The van der Waals surface area contributed by atoms with E-state index < -0.39 is 0 Å². The predicted octanol–water partition coefficient (Wildman–Crippen LogP) is 6.70. The molecule has 0 aliphatic heterocycles. The van der Waals surface area contributed by atoms with Crippen molar-refractivity contribution < 1.29 is 9.53 Å². The molecule has 4 aromatic rings. The van der Waals surface area contributed by atoms with E-state index in [4.69, 9.17) is 4.74 Å². The number of hydrogen-bond donors (Lipinski definition) is 1. The van der Waals surface area contributed by atoms with Gasteiger partial charge in [-0.3, -0.25) is 4.79 Å². The molecule has 0 saturated carbocycles. The van der Waals surface area contributed by atoms with E-state index in [2.05, 4.69) is 66.0 Å². The number of rotatable bonds is 7. The highest BCUT2D eigenvalue weighted by molar-refractivity contribution is 9.10. The van der Waals surface area contributed by atoms with Crippen LogP contribution in [0.5, 0.6) is 5.75 Å². The molecule has 0 spiro atoms. The lowest BCUT2D eigenvalue weighted by molar-refractivity contribution is -0.118. The van der Waals surface area contributed by atoms with E-state index in [1.807, 2.05) is 42.7 Å². The lowest BCUT2D eigenvalue weighted by atomic mass is 10.2. The van der Waals surface area contributed by atoms with E-state index in [0.717, 1.165) is 42.2 Å². The molecule has 4 nitrogen and oxygen atoms in total. The minimum atomic E-state index is -0.365. The average Bonchev–Trinajstić information content (AvgIpc) is 3.04. The molecular weight excluding hydrogens is 528 g/mol. The van der Waals surface area contributed by atoms with Crippen molar-refractivity contribution in [2.75, 3.05) is 18.7 Å². The van der Waals surface area contributed by atoms with Gasteiger partial charge in [0.15, 0.2) is 5.78 Å². The number of benzene rings is 3. The average molecular weight is 548 g/mol. The molecule has 0 aliphatic rings. The first-order valence-electron chi connectivity index (χ1n) is 9.33. The molecule has 7 heteroatoms. The molecule has 0 aliphatic carbocycles. The number of ketones is 1. The standard InChI is InChI=1S/C23H20Br2N2O2S/c1-29-17-5-3-4-16(12-17)26-23(30-2)22(28)13-27-20-8-6-14(24)10-18(20)19-11-15(25)7-9-21(19)27/h3-12,23,26H,13H2,1-2H3. The highest BCUT2D eigenvalue weighted by Crippen LogP contribution is 2.33. The molecule has 1 heterocycles. The van der Waals surface area contributed by atoms with Crippen molar-refractivity contribution in [1.82, 2.24) is 4.57 Å². The Morgan fingerprint density at radius 1 is 1.03 bits per heavy atom. The number of Topliss-reactive ketones (excluding diaryl/α,β-unsaturated/α-hetero) is 1. The van der Waals surface area contributed by atoms with E-state index in [1.165, 1.54) is 11.8 Å². The van der Waals surface area contributed by atoms with Crippen molar-refractivity contribution >= 4 is 76.9 Å². The van der Waals surface area contributed by atoms with Crippen molar-refractivity contribution in [3.05, 3.63) is 69.6 Å². The maximum Gasteiger partial charge on any atom is 0.184 e. The number of methoxy groups -OCH3 is 1. The smallest absolute Gasteiger partial charge is 0.184 e. The first-order valence-corrected chi connectivity index (χ1v) is 12.2. The highest BCUT2D eigenvalue weighted by atomic mass is 79.9. The number of ether oxygens (including phenoxy) is 1. The fourth-order valence-corrected chi connectivity index (χ4v) is 4.91. The Bertz CT molecular complexity index is 1180. The van der Waals surface area contributed by atoms with Crippen LogP contribution < -0.4 is 10.1 Å². The molecule has 3 aromatic carbocycles. The van der Waals surface area contributed by atoms with Crippen LogP contribution in [0.3, 0.4) is 0 Å². The van der Waals surface area contributed by atoms with Gasteiger partial charge in [0.25, 0.3) is 0 Å². The third-order valence-electron chi connectivity index (χ3n) is 5.00. The number of hydrogen-bond acceptors (Lipinski definition) is 4. The van der Waals surface area contributed by atoms with E-state index in [9.17, 15) is 4.79 Å². The van der Waals surface area contributed by atoms with Gasteiger partial charge in [-0.1, -0.05) is 37.9 Å². The number of thioether (sulfide) groups is 1. The number of anilines is 1. The van der Waals surface area contributed by atoms with Gasteiger partial charge >= 0.3 is 0 Å². The summed E-state index contributed by atoms with van der Waals surface area (Å²) in [5.74, 6) is 0.862. The third-order valence-corrected chi connectivity index (χ3v) is 6.84. The lowest BCUT2D eigenvalue weighted by Gasteiger charge is -2.18. The van der Waals surface area contributed by atoms with E-state index in [0.29, 0.717) is 0 Å². The molecule has 0 saturated heterocycles. The van der Waals surface area contributed by atoms with Crippen LogP contribution in [0.4, 0.5) is 5.69 Å². The molecule has 30 heavy (non-hydrogen) atoms. The minimum Gasteiger partial charge on any atom is -0.497 e. The van der Waals surface area contributed by atoms with Crippen LogP contribution in [-0.4, -0.2) is 29.1 Å². The van der Waals surface area contributed by atoms with Crippen LogP contribution >= 0.6 is 43.6 Å². The SMILES string of the molecule is COc1cccc(NC(SC)C(=O)Cn2c3ccc(Br)cc3c3cc(Br)ccc32)c1. The topological polar surface area (TPSA) is 43.3 Å². The van der Waals surface area contributed by atoms with Gasteiger partial charge in [-0.15, -0.1) is 11.8 Å². The number of nitrogens with zero attached hydrogens (tertiary/aromatic N) is 1. The van der Waals surface area contributed by atoms with Gasteiger partial charge in [0.2, 0.25) is 0 Å². The van der Waals surface area contributed by atoms with E-state index in [-0.39, 0.29) is 17.7 Å². The van der Waals surface area contributed by atoms with Crippen molar-refractivity contribution in [2.45, 2.75) is 11.9 Å². The number of carbonyl (C=O) groups excluding carboxylic acids is 1. The Balaban J connectivity index is 1.69. The number of fused-ring (bicyclic) bond motifs is 3. The number of nitrogens with one attached hydrogen (secondary N) is 1. The summed E-state index contributed by atoms with van der Waals surface area (Å²) < 4.78 is 9.42. The molecule has 0 radical (unpaired) electrons. The molecule has 0 fully saturated rings. The molecule has 0 bridgehead atoms. The fraction of sp³-hybridized carbons (Fsp3) is 0.174. The molecule has 1 aromatic heterocycles. The molecule has 1 N–H and O–H groups in total. The van der Waals surface area contributed by atoms with Crippen molar-refractivity contribution in [2.24, 2.45) is 0 Å². The Kier molecular flexibility index (Phi) is 6.41. The number of aromatic nitrogens is 1. The Morgan fingerprint density at radius 3 is 2.23 bits per heavy atom. The second kappa shape index (κ2) is 9.04. The molecule has 154 valence electrons. The van der Waals surface area contributed by atoms with Crippen molar-refractivity contribution in [1.29, 1.82) is 0 Å². The zero-order chi connectivity index (χ0) is 21.3. The summed E-state index contributed by atoms with van der Waals surface area (Å²) in [5, 5.41) is 5.21. The Morgan fingerprint density at radius 2 is 1.67 bits per heavy atom. The van der Waals surface area contributed by atoms with Crippen LogP contribution in [-0.2, 0) is 11.3 Å². The van der Waals surface area contributed by atoms with Gasteiger partial charge in [-0.2, -0.15) is 0 Å². The van der Waals surface area contributed by atoms with Crippen LogP contribution in [0.2, 0.25) is 0 Å². The quantitative estimate of drug-likeness (QED) is 0.261. The summed E-state index contributed by atoms with van der Waals surface area (Å²) in [6.45, 7) is 0.283. The summed E-state index contributed by atoms with van der Waals surface area (Å²) >= 11 is 8.63. The number of halogens is 2. The lowest BCUT2D eigenvalue weighted by Crippen LogP contribution is -2.29. The van der Waals surface area contributed by atoms with Crippen LogP contribution in [0.15, 0.2) is 69.6 Å². The van der Waals surface area contributed by atoms with Crippen LogP contribution in [0, 0.1) is 0 Å². The van der Waals surface area contributed by atoms with Gasteiger partial charge in [0.05, 0.1) is 13.7 Å². The van der Waals surface area contributed by atoms with Crippen LogP contribution in [0.1, 0.15) is 0 Å². The predicted molar refractivity (Wildman–Crippen MR) is 134 cm³/mol. The molecule has 4 rings (SSSR count). The molecular formula is C23H20Br2N2O2S. The molecule has 0 amide bonds. The van der Waals surface area contributed by atoms with Crippen molar-refractivity contribution in [3.8, 4) is 5.75 Å². The summed E-state index contributed by atoms with van der Waals surface area (Å²) in [6.07, 6.45) is 1.94. The first kappa shape index (κ1) is 21.3. The maximum atomic E-state index is 13.3. The summed E-state index contributed by atoms with van der Waals surface area (Å²) in [6, 6.07) is 20.0. The van der Waals surface area contributed by atoms with Crippen molar-refractivity contribution in [3.63, 3.8) is 0 Å². The largest absolute Gasteiger partial charge is 0.497 e. The first-order chi connectivity index (χ1) is 14.5. The summed E-state index contributed by atoms with van der Waals surface area (Å²) in [4.78, 5) is 13.3. The monoisotopic (exact) mass is 546 g/mol. The summed E-state index contributed by atoms with van der Waals surface area (Å²) in [7, 11) is 1.63. The second-order valence-corrected chi connectivity index (χ2v) is 9.64. The van der Waals surface area contributed by atoms with Gasteiger partial charge in [0, 0.05) is 42.5 Å². The molecule has 1 unspecified atom stereocenters. The van der Waals surface area contributed by atoms with Gasteiger partial charge in [-0.25, -0.2) is 0 Å². The van der Waals surface area contributed by atoms with Crippen LogP contribution in [0.25, 0.3) is 21.8 Å². The molecule has 1 atom stereocenters. The Hall–Kier alpha value is -1.96. The zero-order valence-electron chi connectivity index (χ0n) is 16.5. The van der Waals surface area contributed by atoms with Gasteiger partial charge in [0.1, 0.15) is 11.1 Å². The van der Waals surface area contributed by atoms with Gasteiger partial charge < -0.3 is 14.6 Å². The van der Waals surface area contributed by atoms with Gasteiger partial charge in [-0.05, 0) is 54.8 Å². The number of carbonyl (C=O) groups is 1. The third kappa shape index (κ3) is 4.24. The summed E-state index contributed by atoms with van der Waals surface area (Å²) in [5.41, 5.74) is 2.94. The second-order valence-electron chi connectivity index (χ2n) is 6.87.